The molecular weight excluding hydrogens is 330 g/mol. The van der Waals surface area contributed by atoms with Crippen LogP contribution in [0.5, 0.6) is 5.75 Å². The Morgan fingerprint density at radius 3 is 2.62 bits per heavy atom. The average molecular weight is 353 g/mol. The molecule has 0 N–H and O–H groups in total. The fourth-order valence-electron chi connectivity index (χ4n) is 2.63. The van der Waals surface area contributed by atoms with Gasteiger partial charge in [0.2, 0.25) is 5.90 Å². The van der Waals surface area contributed by atoms with Crippen LogP contribution in [0.1, 0.15) is 50.4 Å². The Labute approximate surface area is 153 Å². The summed E-state index contributed by atoms with van der Waals surface area (Å²) in [4.78, 5) is 16.2. The van der Waals surface area contributed by atoms with E-state index in [1.54, 1.807) is 24.5 Å². The predicted octanol–water partition coefficient (Wildman–Crippen LogP) is 4.97. The Hall–Kier alpha value is -2.82. The number of carbonyl (C=O) groups is 1. The Morgan fingerprint density at radius 1 is 1.08 bits per heavy atom. The second-order valence-electron chi connectivity index (χ2n) is 6.14. The van der Waals surface area contributed by atoms with Crippen molar-refractivity contribution in [3.05, 3.63) is 59.7 Å². The summed E-state index contributed by atoms with van der Waals surface area (Å²) in [6.07, 6.45) is 9.15. The Kier molecular flexibility index (Phi) is 6.25. The highest BCUT2D eigenvalue weighted by Gasteiger charge is 2.24. The zero-order valence-corrected chi connectivity index (χ0v) is 14.9. The van der Waals surface area contributed by atoms with E-state index in [9.17, 15) is 4.79 Å². The molecule has 0 bridgehead atoms. The van der Waals surface area contributed by atoms with E-state index in [2.05, 4.69) is 11.9 Å². The van der Waals surface area contributed by atoms with Crippen molar-refractivity contribution in [1.29, 1.82) is 0 Å². The summed E-state index contributed by atoms with van der Waals surface area (Å²) < 4.78 is 16.2. The fraction of sp³-hybridized carbons (Fsp3) is 0.333. The number of carbonyl (C=O) groups excluding carboxylic acids is 1. The van der Waals surface area contributed by atoms with Crippen molar-refractivity contribution in [2.75, 3.05) is 6.61 Å². The maximum absolute atomic E-state index is 11.9. The summed E-state index contributed by atoms with van der Waals surface area (Å²) in [5, 5.41) is 0. The zero-order chi connectivity index (χ0) is 18.2. The Morgan fingerprint density at radius 2 is 1.88 bits per heavy atom. The summed E-state index contributed by atoms with van der Waals surface area (Å²) in [6, 6.07) is 10.9. The van der Waals surface area contributed by atoms with Gasteiger partial charge in [0.15, 0.2) is 5.70 Å². The van der Waals surface area contributed by atoms with Crippen molar-refractivity contribution in [3.8, 4) is 5.75 Å². The van der Waals surface area contributed by atoms with Gasteiger partial charge in [-0.25, -0.2) is 9.79 Å². The highest BCUT2D eigenvalue weighted by molar-refractivity contribution is 6.12. The topological polar surface area (TPSA) is 61.0 Å². The number of unbranched alkanes of at least 4 members (excludes halogenated alkanes) is 4. The number of ether oxygens (including phenoxy) is 2. The first-order valence-electron chi connectivity index (χ1n) is 9.05. The summed E-state index contributed by atoms with van der Waals surface area (Å²) in [6.45, 7) is 2.93. The highest BCUT2D eigenvalue weighted by Crippen LogP contribution is 2.21. The van der Waals surface area contributed by atoms with Gasteiger partial charge < -0.3 is 13.9 Å². The van der Waals surface area contributed by atoms with Crippen molar-refractivity contribution in [3.63, 3.8) is 0 Å². The summed E-state index contributed by atoms with van der Waals surface area (Å²) in [5.41, 5.74) is 0.957. The molecular formula is C21H23NO4. The van der Waals surface area contributed by atoms with Crippen LogP contribution in [0.3, 0.4) is 0 Å². The van der Waals surface area contributed by atoms with E-state index in [4.69, 9.17) is 13.9 Å². The largest absolute Gasteiger partial charge is 0.494 e. The number of nitrogens with zero attached hydrogens (tertiary/aromatic N) is 1. The van der Waals surface area contributed by atoms with Crippen LogP contribution < -0.4 is 4.74 Å². The molecule has 5 nitrogen and oxygen atoms in total. The number of aliphatic imine (C=N–C) groups is 1. The molecule has 1 aromatic heterocycles. The number of esters is 1. The molecule has 0 spiro atoms. The van der Waals surface area contributed by atoms with E-state index in [0.717, 1.165) is 24.3 Å². The molecule has 1 aromatic carbocycles. The molecule has 0 amide bonds. The van der Waals surface area contributed by atoms with Gasteiger partial charge in [0.1, 0.15) is 11.5 Å². The first-order chi connectivity index (χ1) is 12.8. The van der Waals surface area contributed by atoms with Gasteiger partial charge in [0.05, 0.1) is 12.9 Å². The van der Waals surface area contributed by atoms with Gasteiger partial charge in [0, 0.05) is 11.6 Å². The average Bonchev–Trinajstić information content (AvgIpc) is 3.29. The summed E-state index contributed by atoms with van der Waals surface area (Å²) >= 11 is 0. The van der Waals surface area contributed by atoms with Crippen LogP contribution >= 0.6 is 0 Å². The minimum Gasteiger partial charge on any atom is -0.494 e. The number of furan rings is 1. The van der Waals surface area contributed by atoms with Gasteiger partial charge in [-0.3, -0.25) is 0 Å². The van der Waals surface area contributed by atoms with Gasteiger partial charge in [-0.05, 0) is 42.8 Å². The molecule has 0 fully saturated rings. The van der Waals surface area contributed by atoms with Crippen molar-refractivity contribution in [2.45, 2.75) is 39.0 Å². The maximum atomic E-state index is 11.9. The first-order valence-corrected chi connectivity index (χ1v) is 9.05. The van der Waals surface area contributed by atoms with Crippen molar-refractivity contribution in [2.24, 2.45) is 4.99 Å². The number of hydrogen-bond donors (Lipinski definition) is 0. The Balaban J connectivity index is 1.56. The molecule has 0 atom stereocenters. The van der Waals surface area contributed by atoms with Crippen LogP contribution in [0.15, 0.2) is 57.8 Å². The minimum atomic E-state index is -0.483. The van der Waals surface area contributed by atoms with E-state index < -0.39 is 5.97 Å². The van der Waals surface area contributed by atoms with E-state index in [1.165, 1.54) is 25.7 Å². The lowest BCUT2D eigenvalue weighted by Crippen LogP contribution is -2.05. The SMILES string of the molecule is CCCCCCCOc1ccc(C2=N/C(=C\c3ccco3)C(=O)O2)cc1. The molecule has 0 radical (unpaired) electrons. The minimum absolute atomic E-state index is 0.224. The van der Waals surface area contributed by atoms with E-state index >= 15 is 0 Å². The third-order valence-electron chi connectivity index (χ3n) is 4.06. The molecule has 3 rings (SSSR count). The van der Waals surface area contributed by atoms with Crippen LogP contribution in [-0.4, -0.2) is 18.5 Å². The van der Waals surface area contributed by atoms with Crippen LogP contribution in [0.4, 0.5) is 0 Å². The second-order valence-corrected chi connectivity index (χ2v) is 6.14. The molecule has 0 saturated carbocycles. The van der Waals surface area contributed by atoms with Gasteiger partial charge in [-0.1, -0.05) is 32.6 Å². The monoisotopic (exact) mass is 353 g/mol. The Bertz CT molecular complexity index is 773. The van der Waals surface area contributed by atoms with Crippen LogP contribution in [0, 0.1) is 0 Å². The lowest BCUT2D eigenvalue weighted by Gasteiger charge is -2.07. The number of cyclic esters (lactones) is 1. The van der Waals surface area contributed by atoms with Crippen molar-refractivity contribution >= 4 is 17.9 Å². The lowest BCUT2D eigenvalue weighted by atomic mass is 10.2. The molecule has 1 aliphatic heterocycles. The number of hydrogen-bond acceptors (Lipinski definition) is 5. The van der Waals surface area contributed by atoms with E-state index in [0.29, 0.717) is 11.7 Å². The molecule has 0 saturated heterocycles. The molecule has 26 heavy (non-hydrogen) atoms. The van der Waals surface area contributed by atoms with Crippen LogP contribution in [-0.2, 0) is 9.53 Å². The quantitative estimate of drug-likeness (QED) is 0.363. The molecule has 136 valence electrons. The highest BCUT2D eigenvalue weighted by atomic mass is 16.6. The predicted molar refractivity (Wildman–Crippen MR) is 100 cm³/mol. The molecule has 2 heterocycles. The zero-order valence-electron chi connectivity index (χ0n) is 14.9. The third-order valence-corrected chi connectivity index (χ3v) is 4.06. The second kappa shape index (κ2) is 9.04. The maximum Gasteiger partial charge on any atom is 0.363 e. The smallest absolute Gasteiger partial charge is 0.363 e. The molecule has 5 heteroatoms. The standard InChI is InChI=1S/C21H23NO4/c1-2-3-4-5-6-13-24-17-11-9-16(10-12-17)20-22-19(21(23)26-20)15-18-8-7-14-25-18/h7-12,14-15H,2-6,13H2,1H3/b19-15-. The van der Waals surface area contributed by atoms with Gasteiger partial charge in [-0.2, -0.15) is 0 Å². The van der Waals surface area contributed by atoms with Crippen molar-refractivity contribution < 1.29 is 18.7 Å². The fourth-order valence-corrected chi connectivity index (χ4v) is 2.63. The van der Waals surface area contributed by atoms with Gasteiger partial charge in [-0.15, -0.1) is 0 Å². The lowest BCUT2D eigenvalue weighted by molar-refractivity contribution is -0.129. The molecule has 1 aliphatic rings. The molecule has 2 aromatic rings. The summed E-state index contributed by atoms with van der Waals surface area (Å²) in [5.74, 6) is 1.17. The summed E-state index contributed by atoms with van der Waals surface area (Å²) in [7, 11) is 0. The van der Waals surface area contributed by atoms with Gasteiger partial charge >= 0.3 is 5.97 Å². The first kappa shape index (κ1) is 18.0. The van der Waals surface area contributed by atoms with Crippen molar-refractivity contribution in [1.82, 2.24) is 0 Å². The number of rotatable bonds is 9. The molecule has 0 aliphatic carbocycles. The normalized spacial score (nSPS) is 15.2. The third kappa shape index (κ3) is 4.85. The van der Waals surface area contributed by atoms with E-state index in [1.807, 2.05) is 24.3 Å². The van der Waals surface area contributed by atoms with E-state index in [-0.39, 0.29) is 5.70 Å². The van der Waals surface area contributed by atoms with Crippen LogP contribution in [0.25, 0.3) is 6.08 Å². The van der Waals surface area contributed by atoms with Gasteiger partial charge in [0.25, 0.3) is 0 Å². The van der Waals surface area contributed by atoms with Crippen LogP contribution in [0.2, 0.25) is 0 Å². The molecule has 0 unspecified atom stereocenters. The number of benzene rings is 1.